The lowest BCUT2D eigenvalue weighted by atomic mass is 10.1. The molecule has 15 atom stereocenters. The summed E-state index contributed by atoms with van der Waals surface area (Å²) in [7, 11) is -19.9. The Hall–Kier alpha value is -3.85. The van der Waals surface area contributed by atoms with E-state index in [1.165, 1.54) is 0 Å². The fourth-order valence-electron chi connectivity index (χ4n) is 6.50. The van der Waals surface area contributed by atoms with Crippen molar-refractivity contribution in [2.75, 3.05) is 37.0 Å². The topological polar surface area (TPSA) is 496 Å². The molecule has 64 heavy (non-hydrogen) atoms. The lowest BCUT2D eigenvalue weighted by Gasteiger charge is -2.26. The van der Waals surface area contributed by atoms with Crippen LogP contribution in [0.15, 0.2) is 51.2 Å². The third kappa shape index (κ3) is 11.7. The second-order valence-corrected chi connectivity index (χ2v) is 18.3. The molecule has 6 heterocycles. The molecule has 33 nitrogen and oxygen atoms in total. The third-order valence-electron chi connectivity index (χ3n) is 9.23. The number of anilines is 3. The Kier molecular flexibility index (Phi) is 15.1. The van der Waals surface area contributed by atoms with Crippen molar-refractivity contribution in [3.05, 3.63) is 68.2 Å². The lowest BCUT2D eigenvalue weighted by molar-refractivity contribution is -0.0637. The molecule has 3 fully saturated rings. The number of aliphatic hydroxyl groups is 3. The van der Waals surface area contributed by atoms with Gasteiger partial charge >= 0.3 is 48.8 Å². The molecule has 0 aliphatic carbocycles. The highest BCUT2D eigenvalue weighted by molar-refractivity contribution is 7.47. The minimum absolute atomic E-state index is 0.220. The smallest absolute Gasteiger partial charge is 0.386 e. The molecule has 3 unspecified atom stereocenters. The van der Waals surface area contributed by atoms with Crippen LogP contribution in [0.3, 0.4) is 0 Å². The number of phosphoric ester groups is 3. The Morgan fingerprint density at radius 3 is 1.20 bits per heavy atom. The molecule has 0 amide bonds. The maximum Gasteiger partial charge on any atom is 0.694 e. The highest BCUT2D eigenvalue weighted by atomic mass is 31.2. The SMILES string of the molecule is Nc1ccn([C@@H]2O[C@H](COP(=O)(O)O[C@H]3[C@@H](O)[C@H](n4ccc(N)nc4=O)O[C@@H]3COP(=O)(O)O[C@H]3[C@@H](O)[C@H](n4ccc(N)nc4=O)O[C@@H]3CO[P+](=O)O)[C@@H](OP(=O)(O)O)[C@H]2O)c(=O)n1. The van der Waals surface area contributed by atoms with Crippen LogP contribution in [0.2, 0.25) is 0 Å². The number of ether oxygens (including phenoxy) is 3. The highest BCUT2D eigenvalue weighted by Crippen LogP contribution is 2.52. The number of hydrogen-bond donors (Lipinski definition) is 11. The van der Waals surface area contributed by atoms with Crippen molar-refractivity contribution >= 4 is 49.2 Å². The van der Waals surface area contributed by atoms with Gasteiger partial charge < -0.3 is 66.3 Å². The number of aliphatic hydroxyl groups excluding tert-OH is 3. The van der Waals surface area contributed by atoms with Crippen molar-refractivity contribution in [2.45, 2.75) is 73.6 Å². The summed E-state index contributed by atoms with van der Waals surface area (Å²) in [5, 5.41) is 33.2. The van der Waals surface area contributed by atoms with Gasteiger partial charge in [0.1, 0.15) is 79.0 Å². The Bertz CT molecular complexity index is 2530. The van der Waals surface area contributed by atoms with Gasteiger partial charge in [-0.15, -0.1) is 9.42 Å². The van der Waals surface area contributed by atoms with Gasteiger partial charge in [-0.2, -0.15) is 15.0 Å². The summed E-state index contributed by atoms with van der Waals surface area (Å²) < 4.78 is 98.1. The van der Waals surface area contributed by atoms with E-state index in [9.17, 15) is 72.4 Å². The summed E-state index contributed by atoms with van der Waals surface area (Å²) in [4.78, 5) is 97.9. The molecule has 14 N–H and O–H groups in total. The van der Waals surface area contributed by atoms with E-state index in [1.54, 1.807) is 0 Å². The molecule has 0 bridgehead atoms. The molecule has 37 heteroatoms. The molecule has 0 spiro atoms. The zero-order valence-corrected chi connectivity index (χ0v) is 35.4. The van der Waals surface area contributed by atoms with Gasteiger partial charge in [0.05, 0.1) is 13.2 Å². The molecule has 354 valence electrons. The lowest BCUT2D eigenvalue weighted by Crippen LogP contribution is -2.39. The van der Waals surface area contributed by atoms with Crippen molar-refractivity contribution in [1.29, 1.82) is 0 Å². The maximum atomic E-state index is 13.5. The van der Waals surface area contributed by atoms with Crippen LogP contribution in [0.5, 0.6) is 0 Å². The van der Waals surface area contributed by atoms with E-state index >= 15 is 0 Å². The number of nitrogen functional groups attached to an aromatic ring is 3. The van der Waals surface area contributed by atoms with Crippen LogP contribution in [-0.4, -0.2) is 143 Å². The fraction of sp³-hybridized carbons (Fsp3) is 0.556. The predicted molar refractivity (Wildman–Crippen MR) is 202 cm³/mol. The van der Waals surface area contributed by atoms with Crippen LogP contribution in [0.1, 0.15) is 18.7 Å². The Balaban J connectivity index is 1.21. The van der Waals surface area contributed by atoms with E-state index in [2.05, 4.69) is 24.0 Å². The number of phosphoric acid groups is 3. The minimum Gasteiger partial charge on any atom is -0.386 e. The van der Waals surface area contributed by atoms with E-state index in [4.69, 9.17) is 49.5 Å². The normalized spacial score (nSPS) is 31.7. The summed E-state index contributed by atoms with van der Waals surface area (Å²) in [6.45, 7) is -3.32. The molecule has 3 aliphatic heterocycles. The van der Waals surface area contributed by atoms with Gasteiger partial charge in [-0.1, -0.05) is 0 Å². The monoisotopic (exact) mass is 996 g/mol. The predicted octanol–water partition coefficient (Wildman–Crippen LogP) is -4.57. The van der Waals surface area contributed by atoms with Crippen LogP contribution in [0.25, 0.3) is 0 Å². The molecular formula is C27H38N9O24P4+. The quantitative estimate of drug-likeness (QED) is 0.0534. The Morgan fingerprint density at radius 1 is 0.594 bits per heavy atom. The molecule has 3 saturated heterocycles. The summed E-state index contributed by atoms with van der Waals surface area (Å²) in [6.07, 6.45) is -20.3. The first-order valence-corrected chi connectivity index (χ1v) is 23.4. The fourth-order valence-corrected chi connectivity index (χ4v) is 9.28. The third-order valence-corrected chi connectivity index (χ3v) is 12.1. The van der Waals surface area contributed by atoms with Crippen molar-refractivity contribution in [2.24, 2.45) is 0 Å². The average Bonchev–Trinajstić information content (AvgIpc) is 3.77. The summed E-state index contributed by atoms with van der Waals surface area (Å²) in [5.41, 5.74) is 13.2. The zero-order valence-electron chi connectivity index (χ0n) is 31.8. The van der Waals surface area contributed by atoms with Crippen molar-refractivity contribution in [3.8, 4) is 0 Å². The van der Waals surface area contributed by atoms with Gasteiger partial charge in [0.2, 0.25) is 0 Å². The number of rotatable bonds is 18. The summed E-state index contributed by atoms with van der Waals surface area (Å²) in [6, 6.07) is 3.33. The van der Waals surface area contributed by atoms with Gasteiger partial charge in [-0.25, -0.2) is 28.1 Å². The molecule has 0 radical (unpaired) electrons. The highest BCUT2D eigenvalue weighted by Gasteiger charge is 2.54. The summed E-state index contributed by atoms with van der Waals surface area (Å²) >= 11 is 0. The van der Waals surface area contributed by atoms with Crippen LogP contribution in [-0.2, 0) is 59.6 Å². The molecule has 3 aliphatic rings. The molecule has 0 aromatic carbocycles. The van der Waals surface area contributed by atoms with Crippen LogP contribution in [0, 0.1) is 0 Å². The van der Waals surface area contributed by atoms with E-state index in [0.717, 1.165) is 36.8 Å². The van der Waals surface area contributed by atoms with Crippen molar-refractivity contribution in [1.82, 2.24) is 28.7 Å². The Labute approximate surface area is 355 Å². The Morgan fingerprint density at radius 2 is 0.906 bits per heavy atom. The van der Waals surface area contributed by atoms with Crippen LogP contribution in [0.4, 0.5) is 17.5 Å². The van der Waals surface area contributed by atoms with Gasteiger partial charge in [-0.3, -0.25) is 36.3 Å². The number of hydrogen-bond acceptors (Lipinski definition) is 25. The maximum absolute atomic E-state index is 13.5. The van der Waals surface area contributed by atoms with Gasteiger partial charge in [0, 0.05) is 23.2 Å². The van der Waals surface area contributed by atoms with Crippen LogP contribution >= 0.6 is 31.7 Å². The molecular weight excluding hydrogens is 958 g/mol. The number of nitrogens with two attached hydrogens (primary N) is 3. The van der Waals surface area contributed by atoms with Crippen LogP contribution < -0.4 is 34.3 Å². The zero-order chi connectivity index (χ0) is 47.1. The van der Waals surface area contributed by atoms with Crippen molar-refractivity contribution < 1.29 is 99.4 Å². The molecule has 6 rings (SSSR count). The molecule has 0 saturated carbocycles. The van der Waals surface area contributed by atoms with E-state index in [1.807, 2.05) is 0 Å². The number of nitrogens with zero attached hydrogens (tertiary/aromatic N) is 6. The first-order valence-electron chi connectivity index (χ1n) is 17.7. The van der Waals surface area contributed by atoms with Gasteiger partial charge in [0.15, 0.2) is 18.7 Å². The number of aromatic nitrogens is 6. The second-order valence-electron chi connectivity index (χ2n) is 13.6. The largest absolute Gasteiger partial charge is 0.694 e. The molecule has 3 aromatic heterocycles. The average molecular weight is 997 g/mol. The minimum atomic E-state index is -5.61. The van der Waals surface area contributed by atoms with Crippen molar-refractivity contribution in [3.63, 3.8) is 0 Å². The van der Waals surface area contributed by atoms with E-state index < -0.39 is 142 Å². The standard InChI is InChI=1S/C27H37N9O24P4/c28-13-1-4-34(25(40)31-13)22-16(37)19(58-62(45,46)47)11(56-22)8-53-64(50,51)60-21-12(57-24(18(21)39)36-6-3-15(30)33-27(36)42)9-54-63(48,49)59-20-10(7-52-61(43)44)55-23(17(20)38)35-5-2-14(29)32-26(35)41/h1-6,10-12,16-24,37-39H,7-9H2,(H10-,28,29,30,31,32,33,40,41,42,43,44,45,46,47,48,49,50,51)/p+1/t10-,11-,12-,16-,17-,18-,19-,20-,21-,22-,23-,24-/m1/s1. The van der Waals surface area contributed by atoms with E-state index in [-0.39, 0.29) is 17.5 Å². The van der Waals surface area contributed by atoms with E-state index in [0.29, 0.717) is 13.7 Å². The first-order chi connectivity index (χ1) is 29.8. The summed E-state index contributed by atoms with van der Waals surface area (Å²) in [5.74, 6) is -0.741. The molecule has 3 aromatic rings. The second kappa shape index (κ2) is 19.5. The van der Waals surface area contributed by atoms with Gasteiger partial charge in [0.25, 0.3) is 0 Å². The van der Waals surface area contributed by atoms with Gasteiger partial charge in [-0.05, 0) is 18.2 Å². The first kappa shape index (κ1) is 49.6.